The van der Waals surface area contributed by atoms with E-state index in [1.165, 1.54) is 4.68 Å². The number of amides is 1. The molecule has 9 nitrogen and oxygen atoms in total. The molecule has 4 aromatic rings. The highest BCUT2D eigenvalue weighted by Gasteiger charge is 2.25. The lowest BCUT2D eigenvalue weighted by Gasteiger charge is -2.21. The highest BCUT2D eigenvalue weighted by molar-refractivity contribution is 6.04. The van der Waals surface area contributed by atoms with Crippen LogP contribution in [0.5, 0.6) is 0 Å². The van der Waals surface area contributed by atoms with E-state index in [2.05, 4.69) is 15.7 Å². The van der Waals surface area contributed by atoms with Gasteiger partial charge in [0.05, 0.1) is 11.4 Å². The van der Waals surface area contributed by atoms with E-state index < -0.39 is 6.04 Å². The first-order valence-corrected chi connectivity index (χ1v) is 10.5. The number of anilines is 3. The van der Waals surface area contributed by atoms with Gasteiger partial charge in [0.25, 0.3) is 11.5 Å². The molecule has 3 heterocycles. The average molecular weight is 441 g/mol. The summed E-state index contributed by atoms with van der Waals surface area (Å²) in [5, 5.41) is 11.4. The highest BCUT2D eigenvalue weighted by Crippen LogP contribution is 2.27. The number of fused-ring (bicyclic) bond motifs is 2. The third-order valence-electron chi connectivity index (χ3n) is 5.71. The zero-order valence-electron chi connectivity index (χ0n) is 17.9. The second-order valence-electron chi connectivity index (χ2n) is 7.87. The van der Waals surface area contributed by atoms with Crippen LogP contribution < -0.4 is 27.7 Å². The highest BCUT2D eigenvalue weighted by atomic mass is 16.2. The summed E-state index contributed by atoms with van der Waals surface area (Å²) in [7, 11) is 0. The molecule has 1 aliphatic heterocycles. The topological polar surface area (TPSA) is 133 Å². The summed E-state index contributed by atoms with van der Waals surface area (Å²) in [6, 6.07) is 16.0. The van der Waals surface area contributed by atoms with Crippen LogP contribution in [0.25, 0.3) is 22.7 Å². The van der Waals surface area contributed by atoms with E-state index in [1.54, 1.807) is 22.9 Å². The third kappa shape index (κ3) is 3.39. The van der Waals surface area contributed by atoms with Gasteiger partial charge in [0.2, 0.25) is 0 Å². The van der Waals surface area contributed by atoms with Crippen molar-refractivity contribution >= 4 is 40.2 Å². The number of nitrogens with zero attached hydrogens (tertiary/aromatic N) is 3. The average Bonchev–Trinajstić information content (AvgIpc) is 3.15. The van der Waals surface area contributed by atoms with Gasteiger partial charge in [0.1, 0.15) is 11.4 Å². The van der Waals surface area contributed by atoms with Gasteiger partial charge >= 0.3 is 0 Å². The standard InChI is InChI=1S/C24H23N7O2/c1-14(28-23(32)20-21(26)29-30-12-6-11-27-22(20)30)18-13-15-7-5-10-17(25)19(15)24(33)31(18)16-8-3-2-4-9-16/h2-10,12-14,27H,11,25H2,1H3,(H2,26,29)(H,28,32). The lowest BCUT2D eigenvalue weighted by Crippen LogP contribution is -2.32. The zero-order chi connectivity index (χ0) is 23.1. The molecule has 0 aliphatic carbocycles. The summed E-state index contributed by atoms with van der Waals surface area (Å²) in [6.07, 6.45) is 3.63. The fourth-order valence-electron chi connectivity index (χ4n) is 4.17. The minimum absolute atomic E-state index is 0.125. The molecule has 0 fully saturated rings. The molecular formula is C24H23N7O2. The van der Waals surface area contributed by atoms with Crippen molar-refractivity contribution in [1.82, 2.24) is 19.7 Å². The first kappa shape index (κ1) is 20.4. The normalized spacial score (nSPS) is 13.4. The number of carbonyl (C=O) groups excluding carboxylic acids is 1. The first-order chi connectivity index (χ1) is 16.0. The minimum Gasteiger partial charge on any atom is -0.398 e. The van der Waals surface area contributed by atoms with E-state index in [-0.39, 0.29) is 22.8 Å². The van der Waals surface area contributed by atoms with E-state index in [9.17, 15) is 9.59 Å². The van der Waals surface area contributed by atoms with Gasteiger partial charge in [0, 0.05) is 29.8 Å². The molecule has 2 aromatic heterocycles. The van der Waals surface area contributed by atoms with Gasteiger partial charge in [-0.2, -0.15) is 0 Å². The lowest BCUT2D eigenvalue weighted by atomic mass is 10.1. The van der Waals surface area contributed by atoms with Crippen molar-refractivity contribution in [3.63, 3.8) is 0 Å². The van der Waals surface area contributed by atoms with Crippen LogP contribution in [0.15, 0.2) is 65.5 Å². The largest absolute Gasteiger partial charge is 0.398 e. The summed E-state index contributed by atoms with van der Waals surface area (Å²) in [5.74, 6) is 0.274. The Labute approximate surface area is 189 Å². The van der Waals surface area contributed by atoms with Crippen molar-refractivity contribution in [1.29, 1.82) is 0 Å². The van der Waals surface area contributed by atoms with Crippen molar-refractivity contribution in [2.75, 3.05) is 23.3 Å². The molecule has 6 N–H and O–H groups in total. The van der Waals surface area contributed by atoms with Gasteiger partial charge in [-0.05, 0) is 42.7 Å². The number of pyridine rings is 1. The van der Waals surface area contributed by atoms with Gasteiger partial charge < -0.3 is 22.1 Å². The maximum absolute atomic E-state index is 13.6. The number of hydrogen-bond acceptors (Lipinski definition) is 6. The molecule has 1 amide bonds. The van der Waals surface area contributed by atoms with Gasteiger partial charge in [-0.3, -0.25) is 14.2 Å². The summed E-state index contributed by atoms with van der Waals surface area (Å²) in [6.45, 7) is 2.39. The maximum atomic E-state index is 13.6. The number of rotatable bonds is 4. The molecule has 0 saturated carbocycles. The summed E-state index contributed by atoms with van der Waals surface area (Å²) in [5.41, 5.74) is 13.9. The summed E-state index contributed by atoms with van der Waals surface area (Å²) < 4.78 is 3.12. The van der Waals surface area contributed by atoms with Crippen LogP contribution in [0, 0.1) is 0 Å². The number of nitrogens with two attached hydrogens (primary N) is 2. The zero-order valence-corrected chi connectivity index (χ0v) is 17.9. The van der Waals surface area contributed by atoms with Crippen LogP contribution >= 0.6 is 0 Å². The number of aromatic nitrogens is 3. The van der Waals surface area contributed by atoms with Crippen LogP contribution in [0.2, 0.25) is 0 Å². The second-order valence-corrected chi connectivity index (χ2v) is 7.87. The molecule has 0 bridgehead atoms. The molecule has 1 atom stereocenters. The lowest BCUT2D eigenvalue weighted by molar-refractivity contribution is 0.0940. The van der Waals surface area contributed by atoms with Crippen molar-refractivity contribution in [2.24, 2.45) is 0 Å². The molecule has 166 valence electrons. The van der Waals surface area contributed by atoms with Gasteiger partial charge in [0.15, 0.2) is 5.82 Å². The molecule has 33 heavy (non-hydrogen) atoms. The van der Waals surface area contributed by atoms with Crippen LogP contribution in [-0.2, 0) is 0 Å². The summed E-state index contributed by atoms with van der Waals surface area (Å²) in [4.78, 5) is 26.8. The van der Waals surface area contributed by atoms with Gasteiger partial charge in [-0.25, -0.2) is 4.68 Å². The first-order valence-electron chi connectivity index (χ1n) is 10.5. The molecule has 0 radical (unpaired) electrons. The third-order valence-corrected chi connectivity index (χ3v) is 5.71. The molecule has 1 unspecified atom stereocenters. The predicted molar refractivity (Wildman–Crippen MR) is 130 cm³/mol. The monoisotopic (exact) mass is 441 g/mol. The number of carbonyl (C=O) groups is 1. The number of nitrogens with one attached hydrogen (secondary N) is 2. The van der Waals surface area contributed by atoms with Gasteiger partial charge in [-0.15, -0.1) is 5.10 Å². The van der Waals surface area contributed by atoms with E-state index in [0.717, 1.165) is 0 Å². The minimum atomic E-state index is -0.523. The Morgan fingerprint density at radius 1 is 1.15 bits per heavy atom. The molecule has 2 aromatic carbocycles. The van der Waals surface area contributed by atoms with Crippen LogP contribution in [0.3, 0.4) is 0 Å². The molecular weight excluding hydrogens is 418 g/mol. The maximum Gasteiger partial charge on any atom is 0.265 e. The fraction of sp³-hybridized carbons (Fsp3) is 0.125. The van der Waals surface area contributed by atoms with E-state index in [4.69, 9.17) is 11.5 Å². The molecule has 0 saturated heterocycles. The Morgan fingerprint density at radius 3 is 2.73 bits per heavy atom. The number of benzene rings is 2. The number of para-hydroxylation sites is 1. The Bertz CT molecular complexity index is 1470. The Balaban J connectivity index is 1.61. The predicted octanol–water partition coefficient (Wildman–Crippen LogP) is 2.74. The Morgan fingerprint density at radius 2 is 1.94 bits per heavy atom. The van der Waals surface area contributed by atoms with E-state index in [1.807, 2.05) is 55.5 Å². The fourth-order valence-corrected chi connectivity index (χ4v) is 4.17. The SMILES string of the molecule is CC(NC(=O)c1c(N)nn2c1NCC=C2)c1cc2cccc(N)c2c(=O)n1-c1ccccc1. The second kappa shape index (κ2) is 7.86. The van der Waals surface area contributed by atoms with E-state index in [0.29, 0.717) is 40.2 Å². The molecule has 9 heteroatoms. The van der Waals surface area contributed by atoms with Crippen LogP contribution in [0.1, 0.15) is 29.0 Å². The Hall–Kier alpha value is -4.53. The number of nitrogen functional groups attached to an aromatic ring is 2. The molecule has 1 aliphatic rings. The smallest absolute Gasteiger partial charge is 0.265 e. The quantitative estimate of drug-likeness (QED) is 0.360. The number of hydrogen-bond donors (Lipinski definition) is 4. The summed E-state index contributed by atoms with van der Waals surface area (Å²) >= 11 is 0. The van der Waals surface area contributed by atoms with Gasteiger partial charge in [-0.1, -0.05) is 30.3 Å². The van der Waals surface area contributed by atoms with E-state index >= 15 is 0 Å². The molecule has 0 spiro atoms. The van der Waals surface area contributed by atoms with Crippen LogP contribution in [-0.4, -0.2) is 26.8 Å². The van der Waals surface area contributed by atoms with Crippen molar-refractivity contribution in [2.45, 2.75) is 13.0 Å². The van der Waals surface area contributed by atoms with Crippen LogP contribution in [0.4, 0.5) is 17.3 Å². The van der Waals surface area contributed by atoms with Crippen molar-refractivity contribution in [3.8, 4) is 5.69 Å². The Kier molecular flexibility index (Phi) is 4.86. The van der Waals surface area contributed by atoms with Crippen molar-refractivity contribution in [3.05, 3.63) is 82.3 Å². The molecule has 5 rings (SSSR count). The van der Waals surface area contributed by atoms with Crippen molar-refractivity contribution < 1.29 is 4.79 Å².